The van der Waals surface area contributed by atoms with Crippen molar-refractivity contribution in [2.45, 2.75) is 175 Å². The third-order valence-corrected chi connectivity index (χ3v) is 11.7. The van der Waals surface area contributed by atoms with Crippen LogP contribution in [0.15, 0.2) is 34.3 Å². The number of aliphatic imine (C=N–C) groups is 2. The topological polar surface area (TPSA) is 71.7 Å². The molecule has 1 fully saturated rings. The van der Waals surface area contributed by atoms with E-state index in [4.69, 9.17) is 9.98 Å². The molecule has 0 bridgehead atoms. The summed E-state index contributed by atoms with van der Waals surface area (Å²) in [6.07, 6.45) is 17.5. The Balaban J connectivity index is 1.91. The van der Waals surface area contributed by atoms with E-state index in [1.54, 1.807) is 0 Å². The second-order valence-electron chi connectivity index (χ2n) is 18.7. The van der Waals surface area contributed by atoms with Gasteiger partial charge in [-0.25, -0.2) is 0 Å². The van der Waals surface area contributed by atoms with Crippen molar-refractivity contribution in [3.63, 3.8) is 0 Å². The van der Waals surface area contributed by atoms with Gasteiger partial charge in [0.25, 0.3) is 0 Å². The molecule has 1 aliphatic carbocycles. The fourth-order valence-electron chi connectivity index (χ4n) is 7.78. The molecule has 2 unspecified atom stereocenters. The van der Waals surface area contributed by atoms with Crippen LogP contribution in [0.4, 0.5) is 0 Å². The van der Waals surface area contributed by atoms with Crippen LogP contribution in [0.3, 0.4) is 0 Å². The highest BCUT2D eigenvalue weighted by Crippen LogP contribution is 2.39. The molecule has 0 saturated heterocycles. The van der Waals surface area contributed by atoms with Gasteiger partial charge in [-0.1, -0.05) is 100 Å². The molecule has 6 heteroatoms. The summed E-state index contributed by atoms with van der Waals surface area (Å²) in [5.41, 5.74) is 5.74. The third-order valence-electron chi connectivity index (χ3n) is 11.7. The van der Waals surface area contributed by atoms with Crippen LogP contribution in [0.5, 0.6) is 11.5 Å². The highest BCUT2D eigenvalue weighted by atomic mass is 16.3. The van der Waals surface area contributed by atoms with Crippen molar-refractivity contribution in [3.8, 4) is 11.5 Å². The highest BCUT2D eigenvalue weighted by Gasteiger charge is 2.29. The summed E-state index contributed by atoms with van der Waals surface area (Å²) in [5.74, 6) is 0.651. The van der Waals surface area contributed by atoms with E-state index in [2.05, 4.69) is 110 Å². The second kappa shape index (κ2) is 20.3. The molecule has 0 aliphatic heterocycles. The number of rotatable bonds is 19. The summed E-state index contributed by atoms with van der Waals surface area (Å²) in [4.78, 5) is 15.2. The van der Waals surface area contributed by atoms with Gasteiger partial charge in [-0.2, -0.15) is 0 Å². The van der Waals surface area contributed by atoms with Crippen LogP contribution < -0.4 is 0 Å². The van der Waals surface area contributed by atoms with Gasteiger partial charge in [-0.05, 0) is 144 Å². The fourth-order valence-corrected chi connectivity index (χ4v) is 7.78. The number of phenols is 2. The lowest BCUT2D eigenvalue weighted by Crippen LogP contribution is -2.28. The normalized spacial score (nSPS) is 17.6. The van der Waals surface area contributed by atoms with Crippen LogP contribution >= 0.6 is 0 Å². The van der Waals surface area contributed by atoms with Crippen LogP contribution in [0, 0.1) is 6.92 Å². The summed E-state index contributed by atoms with van der Waals surface area (Å²) >= 11 is 0. The molecule has 53 heavy (non-hydrogen) atoms. The first-order valence-electron chi connectivity index (χ1n) is 21.0. The minimum Gasteiger partial charge on any atom is -0.507 e. The van der Waals surface area contributed by atoms with E-state index in [1.807, 2.05) is 19.4 Å². The average Bonchev–Trinajstić information content (AvgIpc) is 3.09. The van der Waals surface area contributed by atoms with Crippen molar-refractivity contribution in [3.05, 3.63) is 57.6 Å². The predicted molar refractivity (Wildman–Crippen MR) is 230 cm³/mol. The zero-order chi connectivity index (χ0) is 39.4. The van der Waals surface area contributed by atoms with Gasteiger partial charge in [-0.15, -0.1) is 0 Å². The Morgan fingerprint density at radius 3 is 1.55 bits per heavy atom. The number of aromatic hydroxyl groups is 2. The number of phenolic OH excluding ortho intramolecular Hbond substituents is 2. The van der Waals surface area contributed by atoms with Crippen molar-refractivity contribution in [2.75, 3.05) is 40.3 Å². The van der Waals surface area contributed by atoms with E-state index in [9.17, 15) is 10.2 Å². The summed E-state index contributed by atoms with van der Waals surface area (Å²) < 4.78 is 0. The maximum absolute atomic E-state index is 11.4. The van der Waals surface area contributed by atoms with Gasteiger partial charge in [0, 0.05) is 29.1 Å². The number of hydrogen-bond acceptors (Lipinski definition) is 6. The second-order valence-corrected chi connectivity index (χ2v) is 18.7. The largest absolute Gasteiger partial charge is 0.507 e. The number of hydrogen-bond donors (Lipinski definition) is 2. The summed E-state index contributed by atoms with van der Waals surface area (Å²) in [6.45, 7) is 26.6. The lowest BCUT2D eigenvalue weighted by molar-refractivity contribution is 0.273. The van der Waals surface area contributed by atoms with Crippen molar-refractivity contribution in [1.82, 2.24) is 9.80 Å². The first-order valence-corrected chi connectivity index (χ1v) is 21.0. The molecule has 6 nitrogen and oxygen atoms in total. The zero-order valence-electron chi connectivity index (χ0n) is 36.1. The molecule has 0 aromatic heterocycles. The first kappa shape index (κ1) is 44.7. The maximum Gasteiger partial charge on any atom is 0.128 e. The molecular formula is C47H78N4O2. The number of aryl methyl sites for hydroxylation is 1. The van der Waals surface area contributed by atoms with Crippen LogP contribution in [-0.4, -0.2) is 84.8 Å². The lowest BCUT2D eigenvalue weighted by Gasteiger charge is -2.33. The van der Waals surface area contributed by atoms with E-state index >= 15 is 0 Å². The van der Waals surface area contributed by atoms with E-state index in [-0.39, 0.29) is 28.3 Å². The van der Waals surface area contributed by atoms with Gasteiger partial charge in [0.15, 0.2) is 0 Å². The predicted octanol–water partition coefficient (Wildman–Crippen LogP) is 11.1. The number of nitrogens with zero attached hydrogens (tertiary/aromatic N) is 4. The van der Waals surface area contributed by atoms with Gasteiger partial charge < -0.3 is 20.0 Å². The van der Waals surface area contributed by atoms with Crippen LogP contribution in [0.2, 0.25) is 0 Å². The average molecular weight is 731 g/mol. The molecule has 1 saturated carbocycles. The molecule has 1 aliphatic rings. The quantitative estimate of drug-likeness (QED) is 0.141. The monoisotopic (exact) mass is 731 g/mol. The molecule has 2 aromatic carbocycles. The van der Waals surface area contributed by atoms with Crippen molar-refractivity contribution >= 4 is 12.4 Å². The Morgan fingerprint density at radius 2 is 1.09 bits per heavy atom. The molecule has 2 atom stereocenters. The van der Waals surface area contributed by atoms with Gasteiger partial charge in [0.2, 0.25) is 0 Å². The van der Waals surface area contributed by atoms with Gasteiger partial charge in [-0.3, -0.25) is 9.98 Å². The SMILES string of the molecule is CCCCN(C)CCCC(C)(CCCN(C)CCCC)c1cc(C)c(O)c(C=NC2CCCCC2N=Cc2cc(C(C)(C)C)cc(C(C)(C)C)c2O)c1. The van der Waals surface area contributed by atoms with Crippen molar-refractivity contribution in [2.24, 2.45) is 9.98 Å². The van der Waals surface area contributed by atoms with E-state index in [0.29, 0.717) is 11.5 Å². The molecule has 0 heterocycles. The van der Waals surface area contributed by atoms with Gasteiger partial charge in [0.05, 0.1) is 12.1 Å². The molecule has 0 spiro atoms. The van der Waals surface area contributed by atoms with Crippen LogP contribution in [-0.2, 0) is 16.2 Å². The van der Waals surface area contributed by atoms with E-state index in [1.165, 1.54) is 36.8 Å². The summed E-state index contributed by atoms with van der Waals surface area (Å²) in [7, 11) is 4.51. The number of unbranched alkanes of at least 4 members (excludes halogenated alkanes) is 2. The molecule has 2 aromatic rings. The fraction of sp³-hybridized carbons (Fsp3) is 0.702. The van der Waals surface area contributed by atoms with Crippen molar-refractivity contribution in [1.29, 1.82) is 0 Å². The molecule has 0 amide bonds. The van der Waals surface area contributed by atoms with Crippen molar-refractivity contribution < 1.29 is 10.2 Å². The Kier molecular flexibility index (Phi) is 17.1. The molecule has 3 rings (SSSR count). The Hall–Kier alpha value is -2.70. The minimum absolute atomic E-state index is 0.00537. The molecule has 2 N–H and O–H groups in total. The Morgan fingerprint density at radius 1 is 0.642 bits per heavy atom. The maximum atomic E-state index is 11.4. The van der Waals surface area contributed by atoms with Gasteiger partial charge in [0.1, 0.15) is 11.5 Å². The third kappa shape index (κ3) is 13.5. The van der Waals surface area contributed by atoms with Gasteiger partial charge >= 0.3 is 0 Å². The van der Waals surface area contributed by atoms with E-state index < -0.39 is 0 Å². The van der Waals surface area contributed by atoms with E-state index in [0.717, 1.165) is 99.8 Å². The van der Waals surface area contributed by atoms with Crippen LogP contribution in [0.25, 0.3) is 0 Å². The molecule has 298 valence electrons. The lowest BCUT2D eigenvalue weighted by atomic mass is 9.74. The van der Waals surface area contributed by atoms with Crippen LogP contribution in [0.1, 0.15) is 173 Å². The molecular weight excluding hydrogens is 653 g/mol. The Bertz CT molecular complexity index is 1460. The standard InChI is InChI=1S/C47H78N4O2/c1-13-15-25-50(11)27-19-23-47(10,24-20-28-51(12)26-16-14-2)39-29-35(3)43(52)36(31-39)33-48-41-21-17-18-22-42(41)49-34-37-30-38(45(4,5)6)32-40(44(37)53)46(7,8)9/h29-34,41-42,52-53H,13-28H2,1-12H3. The molecule has 0 radical (unpaired) electrons. The zero-order valence-corrected chi connectivity index (χ0v) is 36.1. The summed E-state index contributed by atoms with van der Waals surface area (Å²) in [6, 6.07) is 8.77. The first-order chi connectivity index (χ1) is 24.9. The highest BCUT2D eigenvalue weighted by molar-refractivity contribution is 5.86. The number of benzene rings is 2. The smallest absolute Gasteiger partial charge is 0.128 e. The minimum atomic E-state index is -0.188. The Labute approximate surface area is 325 Å². The summed E-state index contributed by atoms with van der Waals surface area (Å²) in [5, 5.41) is 22.7.